The summed E-state index contributed by atoms with van der Waals surface area (Å²) in [5, 5.41) is 0. The molecule has 0 fully saturated rings. The molecule has 18 heavy (non-hydrogen) atoms. The number of alkyl halides is 1. The molecule has 0 atom stereocenters. The molecule has 0 aliphatic carbocycles. The molecule has 0 aromatic heterocycles. The van der Waals surface area contributed by atoms with Crippen LogP contribution in [0.4, 0.5) is 4.39 Å². The lowest BCUT2D eigenvalue weighted by atomic mass is 10.2. The minimum Gasteiger partial charge on any atom is -0.491 e. The summed E-state index contributed by atoms with van der Waals surface area (Å²) >= 11 is 0. The van der Waals surface area contributed by atoms with E-state index in [1.54, 1.807) is 12.1 Å². The van der Waals surface area contributed by atoms with Crippen LogP contribution in [-0.4, -0.2) is 13.3 Å². The van der Waals surface area contributed by atoms with Gasteiger partial charge in [0.05, 0.1) is 0 Å². The predicted molar refractivity (Wildman–Crippen MR) is 68.7 cm³/mol. The molecule has 0 spiro atoms. The lowest BCUT2D eigenvalue weighted by molar-refractivity contribution is 0.268. The summed E-state index contributed by atoms with van der Waals surface area (Å²) < 4.78 is 22.8. The lowest BCUT2D eigenvalue weighted by Gasteiger charge is -2.08. The van der Waals surface area contributed by atoms with Gasteiger partial charge in [-0.2, -0.15) is 0 Å². The summed E-state index contributed by atoms with van der Waals surface area (Å²) in [4.78, 5) is 0. The highest BCUT2D eigenvalue weighted by atomic mass is 19.1. The van der Waals surface area contributed by atoms with E-state index in [-0.39, 0.29) is 6.61 Å². The van der Waals surface area contributed by atoms with Crippen LogP contribution < -0.4 is 9.47 Å². The molecule has 0 N–H and O–H groups in total. The van der Waals surface area contributed by atoms with E-state index in [1.165, 1.54) is 0 Å². The maximum absolute atomic E-state index is 12.0. The smallest absolute Gasteiger partial charge is 0.123 e. The number of ether oxygens (including phenoxy) is 2. The number of halogens is 1. The van der Waals surface area contributed by atoms with E-state index in [9.17, 15) is 4.39 Å². The van der Waals surface area contributed by atoms with Crippen molar-refractivity contribution in [1.82, 2.24) is 0 Å². The first kappa shape index (κ1) is 12.4. The Hall–Kier alpha value is -2.03. The molecule has 2 nitrogen and oxygen atoms in total. The third-order valence-corrected chi connectivity index (χ3v) is 2.40. The molecule has 2 rings (SSSR count). The quantitative estimate of drug-likeness (QED) is 0.775. The molecule has 0 saturated carbocycles. The second-order valence-electron chi connectivity index (χ2n) is 3.79. The largest absolute Gasteiger partial charge is 0.491 e. The van der Waals surface area contributed by atoms with Crippen molar-refractivity contribution in [2.45, 2.75) is 6.61 Å². The fraction of sp³-hybridized carbons (Fsp3) is 0.200. The Bertz CT molecular complexity index is 471. The van der Waals surface area contributed by atoms with Crippen molar-refractivity contribution >= 4 is 0 Å². The van der Waals surface area contributed by atoms with E-state index in [1.807, 2.05) is 42.5 Å². The second-order valence-corrected chi connectivity index (χ2v) is 3.79. The van der Waals surface area contributed by atoms with Gasteiger partial charge in [0.25, 0.3) is 0 Å². The highest BCUT2D eigenvalue weighted by Gasteiger charge is 1.98. The first-order chi connectivity index (χ1) is 8.88. The fourth-order valence-corrected chi connectivity index (χ4v) is 1.55. The van der Waals surface area contributed by atoms with Gasteiger partial charge >= 0.3 is 0 Å². The topological polar surface area (TPSA) is 18.5 Å². The molecule has 0 amide bonds. The minimum atomic E-state index is -0.491. The zero-order valence-electron chi connectivity index (χ0n) is 10.0. The van der Waals surface area contributed by atoms with E-state index in [4.69, 9.17) is 9.47 Å². The highest BCUT2D eigenvalue weighted by molar-refractivity contribution is 5.33. The van der Waals surface area contributed by atoms with Gasteiger partial charge in [0, 0.05) is 6.07 Å². The van der Waals surface area contributed by atoms with Crippen LogP contribution in [-0.2, 0) is 6.61 Å². The van der Waals surface area contributed by atoms with Crippen LogP contribution in [0.5, 0.6) is 11.5 Å². The Balaban J connectivity index is 1.93. The Morgan fingerprint density at radius 2 is 1.56 bits per heavy atom. The third kappa shape index (κ3) is 3.77. The molecule has 0 aliphatic heterocycles. The van der Waals surface area contributed by atoms with Gasteiger partial charge in [0.1, 0.15) is 31.4 Å². The molecule has 0 radical (unpaired) electrons. The van der Waals surface area contributed by atoms with Gasteiger partial charge in [-0.3, -0.25) is 0 Å². The highest BCUT2D eigenvalue weighted by Crippen LogP contribution is 2.20. The van der Waals surface area contributed by atoms with Gasteiger partial charge in [-0.15, -0.1) is 0 Å². The van der Waals surface area contributed by atoms with E-state index in [2.05, 4.69) is 0 Å². The molecule has 2 aromatic rings. The molecular weight excluding hydrogens is 231 g/mol. The van der Waals surface area contributed by atoms with Crippen LogP contribution in [0.2, 0.25) is 0 Å². The van der Waals surface area contributed by atoms with Crippen molar-refractivity contribution in [3.63, 3.8) is 0 Å². The van der Waals surface area contributed by atoms with Crippen LogP contribution in [0.1, 0.15) is 5.56 Å². The fourth-order valence-electron chi connectivity index (χ4n) is 1.55. The summed E-state index contributed by atoms with van der Waals surface area (Å²) in [5.74, 6) is 1.34. The zero-order chi connectivity index (χ0) is 12.6. The average Bonchev–Trinajstić information content (AvgIpc) is 2.44. The molecule has 0 heterocycles. The van der Waals surface area contributed by atoms with Gasteiger partial charge < -0.3 is 9.47 Å². The van der Waals surface area contributed by atoms with Crippen molar-refractivity contribution in [2.75, 3.05) is 13.3 Å². The summed E-state index contributed by atoms with van der Waals surface area (Å²) in [6.45, 7) is 0.0879. The summed E-state index contributed by atoms with van der Waals surface area (Å²) in [7, 11) is 0. The lowest BCUT2D eigenvalue weighted by Crippen LogP contribution is -1.99. The van der Waals surface area contributed by atoms with Crippen LogP contribution in [0.25, 0.3) is 0 Å². The van der Waals surface area contributed by atoms with Gasteiger partial charge in [0.15, 0.2) is 0 Å². The molecule has 3 heteroatoms. The molecule has 0 aliphatic rings. The Kier molecular flexibility index (Phi) is 4.59. The SMILES string of the molecule is FCCOc1cccc(OCc2ccccc2)c1. The van der Waals surface area contributed by atoms with Crippen LogP contribution in [0.3, 0.4) is 0 Å². The van der Waals surface area contributed by atoms with Gasteiger partial charge in [-0.25, -0.2) is 4.39 Å². The van der Waals surface area contributed by atoms with E-state index in [0.717, 1.165) is 11.3 Å². The maximum atomic E-state index is 12.0. The summed E-state index contributed by atoms with van der Waals surface area (Å²) in [5.41, 5.74) is 1.10. The van der Waals surface area contributed by atoms with Crippen LogP contribution >= 0.6 is 0 Å². The van der Waals surface area contributed by atoms with Crippen molar-refractivity contribution in [1.29, 1.82) is 0 Å². The Morgan fingerprint density at radius 1 is 0.833 bits per heavy atom. The monoisotopic (exact) mass is 246 g/mol. The van der Waals surface area contributed by atoms with Crippen molar-refractivity contribution in [3.8, 4) is 11.5 Å². The molecule has 2 aromatic carbocycles. The van der Waals surface area contributed by atoms with E-state index < -0.39 is 6.67 Å². The number of hydrogen-bond donors (Lipinski definition) is 0. The molecule has 0 unspecified atom stereocenters. The van der Waals surface area contributed by atoms with Gasteiger partial charge in [-0.05, 0) is 17.7 Å². The van der Waals surface area contributed by atoms with Crippen molar-refractivity contribution in [2.24, 2.45) is 0 Å². The molecule has 0 bridgehead atoms. The molecule has 94 valence electrons. The normalized spacial score (nSPS) is 10.1. The second kappa shape index (κ2) is 6.64. The number of hydrogen-bond acceptors (Lipinski definition) is 2. The predicted octanol–water partition coefficient (Wildman–Crippen LogP) is 3.61. The summed E-state index contributed by atoms with van der Waals surface area (Å²) in [6, 6.07) is 17.1. The zero-order valence-corrected chi connectivity index (χ0v) is 10.0. The summed E-state index contributed by atoms with van der Waals surface area (Å²) in [6.07, 6.45) is 0. The van der Waals surface area contributed by atoms with Gasteiger partial charge in [0.2, 0.25) is 0 Å². The van der Waals surface area contributed by atoms with Gasteiger partial charge in [-0.1, -0.05) is 36.4 Å². The number of rotatable bonds is 6. The molecular formula is C15H15FO2. The molecule has 0 saturated heterocycles. The number of benzene rings is 2. The third-order valence-electron chi connectivity index (χ3n) is 2.40. The first-order valence-electron chi connectivity index (χ1n) is 5.84. The van der Waals surface area contributed by atoms with Crippen LogP contribution in [0, 0.1) is 0 Å². The van der Waals surface area contributed by atoms with Crippen molar-refractivity contribution in [3.05, 3.63) is 60.2 Å². The standard InChI is InChI=1S/C15H15FO2/c16-9-10-17-14-7-4-8-15(11-14)18-12-13-5-2-1-3-6-13/h1-8,11H,9-10,12H2. The minimum absolute atomic E-state index is 0.0716. The van der Waals surface area contributed by atoms with E-state index >= 15 is 0 Å². The van der Waals surface area contributed by atoms with Crippen LogP contribution in [0.15, 0.2) is 54.6 Å². The Morgan fingerprint density at radius 3 is 2.28 bits per heavy atom. The Labute approximate surface area is 106 Å². The maximum Gasteiger partial charge on any atom is 0.123 e. The average molecular weight is 246 g/mol. The first-order valence-corrected chi connectivity index (χ1v) is 5.84. The van der Waals surface area contributed by atoms with Crippen molar-refractivity contribution < 1.29 is 13.9 Å². The van der Waals surface area contributed by atoms with E-state index in [0.29, 0.717) is 12.4 Å².